The fourth-order valence-corrected chi connectivity index (χ4v) is 16.6. The van der Waals surface area contributed by atoms with Gasteiger partial charge in [-0.3, -0.25) is 0 Å². The second-order valence-corrected chi connectivity index (χ2v) is 25.1. The van der Waals surface area contributed by atoms with Crippen LogP contribution in [-0.2, 0) is 0 Å². The van der Waals surface area contributed by atoms with Crippen molar-refractivity contribution in [2.24, 2.45) is 0 Å². The maximum Gasteiger partial charge on any atom is 0.252 e. The number of hydrogen-bond acceptors (Lipinski definition) is 2. The molecular weight excluding hydrogens is 1110 g/mol. The van der Waals surface area contributed by atoms with Crippen LogP contribution < -0.4 is 42.3 Å². The van der Waals surface area contributed by atoms with Gasteiger partial charge in [0, 0.05) is 0 Å². The van der Waals surface area contributed by atoms with Gasteiger partial charge in [0.05, 0.1) is 0 Å². The first kappa shape index (κ1) is 51.2. The van der Waals surface area contributed by atoms with Crippen molar-refractivity contribution < 1.29 is 9.47 Å². The van der Waals surface area contributed by atoms with E-state index < -0.39 is 0 Å². The van der Waals surface area contributed by atoms with Crippen molar-refractivity contribution in [2.75, 3.05) is 0 Å². The van der Waals surface area contributed by atoms with E-state index >= 15 is 0 Å². The molecule has 0 N–H and O–H groups in total. The molecule has 92 heavy (non-hydrogen) atoms. The van der Waals surface area contributed by atoms with Crippen LogP contribution >= 0.6 is 0 Å². The maximum atomic E-state index is 7.10. The maximum absolute atomic E-state index is 7.10. The van der Waals surface area contributed by atoms with E-state index in [1.54, 1.807) is 0 Å². The van der Waals surface area contributed by atoms with E-state index in [-0.39, 0.29) is 13.4 Å². The zero-order chi connectivity index (χ0) is 60.1. The summed E-state index contributed by atoms with van der Waals surface area (Å²) >= 11 is 0. The number of rotatable bonds is 8. The minimum atomic E-state index is -0.130. The molecule has 0 atom stereocenters. The third-order valence-corrected chi connectivity index (χ3v) is 20.3. The number of ether oxygens (including phenoxy) is 2. The number of hydrogen-bond donors (Lipinski definition) is 0. The summed E-state index contributed by atoms with van der Waals surface area (Å²) in [5.74, 6) is 3.60. The second-order valence-electron chi connectivity index (χ2n) is 25.1. The number of fused-ring (bicyclic) bond motifs is 8. The Balaban J connectivity index is 1.04. The monoisotopic (exact) mass is 1160 g/mol. The van der Waals surface area contributed by atoms with Crippen LogP contribution in [0.4, 0.5) is 0 Å². The minimum Gasteiger partial charge on any atom is -0.458 e. The Labute approximate surface area is 534 Å². The average molecular weight is 1160 g/mol. The van der Waals surface area contributed by atoms with Gasteiger partial charge in [0.15, 0.2) is 0 Å². The van der Waals surface area contributed by atoms with Crippen LogP contribution in [0, 0.1) is 0 Å². The van der Waals surface area contributed by atoms with Crippen molar-refractivity contribution in [3.05, 3.63) is 315 Å². The highest BCUT2D eigenvalue weighted by Crippen LogP contribution is 2.56. The molecule has 0 aromatic heterocycles. The molecule has 0 amide bonds. The summed E-state index contributed by atoms with van der Waals surface area (Å²) in [5.41, 5.74) is 30.9. The third-order valence-electron chi connectivity index (χ3n) is 20.3. The van der Waals surface area contributed by atoms with Crippen molar-refractivity contribution >= 4 is 78.5 Å². The minimum absolute atomic E-state index is 0.130. The summed E-state index contributed by atoms with van der Waals surface area (Å²) in [6.07, 6.45) is 0. The first-order chi connectivity index (χ1) is 45.7. The zero-order valence-corrected chi connectivity index (χ0v) is 50.0. The van der Waals surface area contributed by atoms with Crippen LogP contribution in [0.1, 0.15) is 0 Å². The summed E-state index contributed by atoms with van der Waals surface area (Å²) in [5, 5.41) is 7.58. The first-order valence-electron chi connectivity index (χ1n) is 32.0. The Bertz CT molecular complexity index is 5250. The summed E-state index contributed by atoms with van der Waals surface area (Å²) in [6.45, 7) is -0.261. The second kappa shape index (κ2) is 19.9. The molecule has 422 valence electrons. The molecule has 4 aliphatic heterocycles. The summed E-state index contributed by atoms with van der Waals surface area (Å²) in [7, 11) is 0. The van der Waals surface area contributed by atoms with E-state index in [4.69, 9.17) is 9.47 Å². The van der Waals surface area contributed by atoms with Crippen molar-refractivity contribution in [3.8, 4) is 134 Å². The van der Waals surface area contributed by atoms with E-state index in [1.165, 1.54) is 154 Å². The molecule has 20 rings (SSSR count). The molecule has 0 unspecified atom stereocenters. The lowest BCUT2D eigenvalue weighted by Crippen LogP contribution is -2.58. The first-order valence-corrected chi connectivity index (χ1v) is 32.0. The molecule has 0 bridgehead atoms. The Morgan fingerprint density at radius 2 is 0.489 bits per heavy atom. The van der Waals surface area contributed by atoms with Gasteiger partial charge in [-0.15, -0.1) is 0 Å². The standard InChI is InChI=1S/C88H52B2O2/c1-7-25-53(26-8-1)59-45-63(55-29-11-3-12-30-55)81(64(46-59)56-31-13-4-14-32-56)69-49-67-61-37-23-43-79-87(61)90(74-40-20-22-42-78(74)91-79)76-52-72-70(82-65(57-33-15-5-16-34-57)47-60(54-27-9-2-10-28-54)48-66(82)58-35-17-6-18-36-58)50-68-62-38-24-44-80-88(62)89(73-39-19-21-41-77(73)92-80)75-51-71(69)85(83(67)76)86(72)84(68)75/h1-52H. The molecule has 0 radical (unpaired) electrons. The smallest absolute Gasteiger partial charge is 0.252 e. The van der Waals surface area contributed by atoms with Crippen molar-refractivity contribution in [1.29, 1.82) is 0 Å². The van der Waals surface area contributed by atoms with Gasteiger partial charge >= 0.3 is 0 Å². The Morgan fingerprint density at radius 3 is 0.837 bits per heavy atom. The lowest BCUT2D eigenvalue weighted by molar-refractivity contribution is 0.487. The van der Waals surface area contributed by atoms with Crippen LogP contribution in [0.2, 0.25) is 0 Å². The van der Waals surface area contributed by atoms with Crippen molar-refractivity contribution in [2.45, 2.75) is 0 Å². The van der Waals surface area contributed by atoms with E-state index in [9.17, 15) is 0 Å². The quantitative estimate of drug-likeness (QED) is 0.112. The van der Waals surface area contributed by atoms with Gasteiger partial charge in [-0.1, -0.05) is 266 Å². The Morgan fingerprint density at radius 1 is 0.185 bits per heavy atom. The van der Waals surface area contributed by atoms with E-state index in [2.05, 4.69) is 315 Å². The highest BCUT2D eigenvalue weighted by Gasteiger charge is 2.44. The molecule has 0 saturated carbocycles. The third kappa shape index (κ3) is 7.47. The van der Waals surface area contributed by atoms with E-state index in [1.807, 2.05) is 0 Å². The topological polar surface area (TPSA) is 18.5 Å². The fourth-order valence-electron chi connectivity index (χ4n) is 16.6. The van der Waals surface area contributed by atoms with Crippen LogP contribution in [0.25, 0.3) is 144 Å². The molecule has 0 saturated heterocycles. The molecule has 0 spiro atoms. The lowest BCUT2D eigenvalue weighted by atomic mass is 9.32. The van der Waals surface area contributed by atoms with E-state index in [0.717, 1.165) is 45.3 Å². The predicted molar refractivity (Wildman–Crippen MR) is 387 cm³/mol. The predicted octanol–water partition coefficient (Wildman–Crippen LogP) is 19.1. The van der Waals surface area contributed by atoms with Gasteiger partial charge in [-0.05, 0) is 226 Å². The van der Waals surface area contributed by atoms with Gasteiger partial charge in [0.2, 0.25) is 0 Å². The SMILES string of the molecule is c1ccc(-c2cc(-c3ccccc3)c(-c3cc4c5c(cc6c(-c7c(-c8ccccc8)cc(-c8ccccc8)cc7-c7ccccc7)cc7c8c(cc3c5c68)B3c5ccccc5Oc5cccc-7c53)B3c5ccccc5Oc5cccc-4c53)c(-c3ccccc3)c2)cc1. The molecule has 4 heterocycles. The normalized spacial score (nSPS) is 12.7. The highest BCUT2D eigenvalue weighted by atomic mass is 16.5. The van der Waals surface area contributed by atoms with Crippen LogP contribution in [0.5, 0.6) is 23.0 Å². The summed E-state index contributed by atoms with van der Waals surface area (Å²) < 4.78 is 14.2. The van der Waals surface area contributed by atoms with Gasteiger partial charge in [-0.25, -0.2) is 0 Å². The van der Waals surface area contributed by atoms with Crippen LogP contribution in [0.3, 0.4) is 0 Å². The zero-order valence-electron chi connectivity index (χ0n) is 50.0. The highest BCUT2D eigenvalue weighted by molar-refractivity contribution is 7.01. The molecule has 16 aromatic carbocycles. The lowest BCUT2D eigenvalue weighted by Gasteiger charge is -2.37. The van der Waals surface area contributed by atoms with Gasteiger partial charge in [-0.2, -0.15) is 0 Å². The van der Waals surface area contributed by atoms with Gasteiger partial charge < -0.3 is 9.47 Å². The Hall–Kier alpha value is -11.7. The fraction of sp³-hybridized carbons (Fsp3) is 0. The van der Waals surface area contributed by atoms with E-state index in [0.29, 0.717) is 0 Å². The molecule has 16 aromatic rings. The summed E-state index contributed by atoms with van der Waals surface area (Å²) in [4.78, 5) is 0. The molecule has 4 aliphatic rings. The summed E-state index contributed by atoms with van der Waals surface area (Å²) in [6, 6.07) is 118. The Kier molecular flexibility index (Phi) is 11.1. The van der Waals surface area contributed by atoms with Crippen LogP contribution in [-0.4, -0.2) is 13.4 Å². The molecular formula is C88H52B2O2. The number of para-hydroxylation sites is 2. The molecule has 4 heteroatoms. The van der Waals surface area contributed by atoms with Crippen molar-refractivity contribution in [1.82, 2.24) is 0 Å². The van der Waals surface area contributed by atoms with Crippen LogP contribution in [0.15, 0.2) is 315 Å². The molecule has 0 aliphatic carbocycles. The van der Waals surface area contributed by atoms with Gasteiger partial charge in [0.1, 0.15) is 23.0 Å². The molecule has 2 nitrogen and oxygen atoms in total. The molecule has 0 fully saturated rings. The average Bonchev–Trinajstić information content (AvgIpc) is 0.667. The van der Waals surface area contributed by atoms with Crippen molar-refractivity contribution in [3.63, 3.8) is 0 Å². The largest absolute Gasteiger partial charge is 0.458 e. The number of benzene rings is 16. The van der Waals surface area contributed by atoms with Gasteiger partial charge in [0.25, 0.3) is 13.4 Å².